The fourth-order valence-electron chi connectivity index (χ4n) is 5.22. The Hall–Kier alpha value is -2.67. The van der Waals surface area contributed by atoms with E-state index in [0.29, 0.717) is 17.1 Å². The van der Waals surface area contributed by atoms with E-state index in [0.717, 1.165) is 50.6 Å². The Balaban J connectivity index is 1.24. The van der Waals surface area contributed by atoms with E-state index in [1.807, 2.05) is 6.07 Å². The zero-order chi connectivity index (χ0) is 22.3. The molecular formula is C25H28N2O4S. The Labute approximate surface area is 188 Å². The fraction of sp³-hybridized carbons (Fsp3) is 0.440. The van der Waals surface area contributed by atoms with Gasteiger partial charge in [-0.3, -0.25) is 9.59 Å². The quantitative estimate of drug-likeness (QED) is 0.746. The van der Waals surface area contributed by atoms with Gasteiger partial charge < -0.3 is 10.2 Å². The summed E-state index contributed by atoms with van der Waals surface area (Å²) in [6.07, 6.45) is 6.82. The Morgan fingerprint density at radius 2 is 1.66 bits per heavy atom. The molecular weight excluding hydrogens is 424 g/mol. The first-order valence-corrected chi connectivity index (χ1v) is 13.0. The van der Waals surface area contributed by atoms with E-state index in [1.54, 1.807) is 29.2 Å². The molecule has 1 atom stereocenters. The normalized spacial score (nSPS) is 21.2. The number of benzene rings is 2. The molecule has 0 spiro atoms. The van der Waals surface area contributed by atoms with Crippen LogP contribution in [-0.2, 0) is 32.3 Å². The second kappa shape index (κ2) is 8.35. The van der Waals surface area contributed by atoms with Crippen molar-refractivity contribution in [1.82, 2.24) is 0 Å². The largest absolute Gasteiger partial charge is 0.326 e. The molecule has 0 aromatic heterocycles. The number of anilines is 2. The van der Waals surface area contributed by atoms with Gasteiger partial charge in [-0.1, -0.05) is 18.9 Å². The van der Waals surface area contributed by atoms with Crippen LogP contribution in [0.25, 0.3) is 0 Å². The molecule has 6 nitrogen and oxygen atoms in total. The first kappa shape index (κ1) is 21.2. The third-order valence-corrected chi connectivity index (χ3v) is 9.36. The second-order valence-corrected chi connectivity index (χ2v) is 11.4. The van der Waals surface area contributed by atoms with E-state index in [9.17, 15) is 18.0 Å². The van der Waals surface area contributed by atoms with Crippen molar-refractivity contribution in [2.45, 2.75) is 61.5 Å². The van der Waals surface area contributed by atoms with Crippen LogP contribution < -0.4 is 10.2 Å². The number of carbonyl (C=O) groups excluding carboxylic acids is 2. The molecule has 1 unspecified atom stereocenters. The molecule has 168 valence electrons. The number of nitrogens with one attached hydrogen (secondary N) is 1. The summed E-state index contributed by atoms with van der Waals surface area (Å²) in [6.45, 7) is 0.359. The van der Waals surface area contributed by atoms with E-state index in [4.69, 9.17) is 0 Å². The molecule has 3 aliphatic rings. The number of hydrogen-bond acceptors (Lipinski definition) is 4. The molecule has 0 bridgehead atoms. The lowest BCUT2D eigenvalue weighted by molar-refractivity contribution is -0.122. The molecule has 7 heteroatoms. The Morgan fingerprint density at radius 1 is 0.938 bits per heavy atom. The van der Waals surface area contributed by atoms with Crippen molar-refractivity contribution < 1.29 is 18.0 Å². The summed E-state index contributed by atoms with van der Waals surface area (Å²) in [5.74, 6) is -0.688. The van der Waals surface area contributed by atoms with Gasteiger partial charge in [0.2, 0.25) is 11.8 Å². The first-order valence-electron chi connectivity index (χ1n) is 11.5. The molecule has 1 heterocycles. The summed E-state index contributed by atoms with van der Waals surface area (Å²) in [7, 11) is -3.31. The van der Waals surface area contributed by atoms with E-state index >= 15 is 0 Å². The van der Waals surface area contributed by atoms with E-state index in [2.05, 4.69) is 17.4 Å². The van der Waals surface area contributed by atoms with Crippen molar-refractivity contribution in [1.29, 1.82) is 0 Å². The van der Waals surface area contributed by atoms with Crippen LogP contribution in [0.2, 0.25) is 0 Å². The SMILES string of the molecule is O=C(Nc1ccc(S(=O)(=O)C2CCCC2)cc1)C1CC(=O)N(c2ccc3c(c2)CCC3)C1. The van der Waals surface area contributed by atoms with Crippen LogP contribution in [0.15, 0.2) is 47.4 Å². The number of hydrogen-bond donors (Lipinski definition) is 1. The van der Waals surface area contributed by atoms with Gasteiger partial charge in [0.25, 0.3) is 0 Å². The Kier molecular flexibility index (Phi) is 5.53. The van der Waals surface area contributed by atoms with E-state index in [1.165, 1.54) is 11.1 Å². The maximum absolute atomic E-state index is 12.8. The van der Waals surface area contributed by atoms with Crippen LogP contribution >= 0.6 is 0 Å². The average Bonchev–Trinajstić information content (AvgIpc) is 3.54. The van der Waals surface area contributed by atoms with Crippen LogP contribution in [0.1, 0.15) is 49.7 Å². The summed E-state index contributed by atoms with van der Waals surface area (Å²) < 4.78 is 25.4. The molecule has 1 saturated carbocycles. The van der Waals surface area contributed by atoms with Crippen LogP contribution in [0.3, 0.4) is 0 Å². The maximum Gasteiger partial charge on any atom is 0.229 e. The standard InChI is InChI=1S/C25H28N2O4S/c28-24-15-19(16-27(24)21-11-8-17-4-3-5-18(17)14-21)25(29)26-20-9-12-23(13-10-20)32(30,31)22-6-1-2-7-22/h8-14,19,22H,1-7,15-16H2,(H,26,29). The zero-order valence-electron chi connectivity index (χ0n) is 18.0. The van der Waals surface area contributed by atoms with Gasteiger partial charge in [-0.25, -0.2) is 8.42 Å². The summed E-state index contributed by atoms with van der Waals surface area (Å²) in [5.41, 5.74) is 4.07. The zero-order valence-corrected chi connectivity index (χ0v) is 18.9. The lowest BCUT2D eigenvalue weighted by atomic mass is 10.1. The summed E-state index contributed by atoms with van der Waals surface area (Å²) >= 11 is 0. The van der Waals surface area contributed by atoms with Crippen molar-refractivity contribution in [3.63, 3.8) is 0 Å². The number of rotatable bonds is 5. The van der Waals surface area contributed by atoms with Crippen molar-refractivity contribution in [3.8, 4) is 0 Å². The van der Waals surface area contributed by atoms with Crippen LogP contribution in [0.4, 0.5) is 11.4 Å². The highest BCUT2D eigenvalue weighted by Gasteiger charge is 2.36. The molecule has 2 aromatic carbocycles. The highest BCUT2D eigenvalue weighted by Crippen LogP contribution is 2.32. The summed E-state index contributed by atoms with van der Waals surface area (Å²) in [4.78, 5) is 27.4. The topological polar surface area (TPSA) is 83.5 Å². The molecule has 2 amide bonds. The predicted octanol–water partition coefficient (Wildman–Crippen LogP) is 3.88. The van der Waals surface area contributed by atoms with Gasteiger partial charge in [0.15, 0.2) is 9.84 Å². The number of carbonyl (C=O) groups is 2. The van der Waals surface area contributed by atoms with Gasteiger partial charge in [0.05, 0.1) is 16.1 Å². The van der Waals surface area contributed by atoms with Gasteiger partial charge in [-0.15, -0.1) is 0 Å². The van der Waals surface area contributed by atoms with E-state index in [-0.39, 0.29) is 23.5 Å². The molecule has 1 N–H and O–H groups in total. The summed E-state index contributed by atoms with van der Waals surface area (Å²) in [5, 5.41) is 2.56. The van der Waals surface area contributed by atoms with Crippen molar-refractivity contribution in [3.05, 3.63) is 53.6 Å². The van der Waals surface area contributed by atoms with Crippen molar-refractivity contribution >= 4 is 33.0 Å². The summed E-state index contributed by atoms with van der Waals surface area (Å²) in [6, 6.07) is 12.6. The molecule has 0 radical (unpaired) electrons. The van der Waals surface area contributed by atoms with Crippen LogP contribution in [0.5, 0.6) is 0 Å². The molecule has 1 aliphatic heterocycles. The first-order chi connectivity index (χ1) is 15.4. The fourth-order valence-corrected chi connectivity index (χ4v) is 7.08. The minimum atomic E-state index is -3.31. The predicted molar refractivity (Wildman–Crippen MR) is 123 cm³/mol. The molecule has 5 rings (SSSR count). The molecule has 2 aliphatic carbocycles. The average molecular weight is 453 g/mol. The highest BCUT2D eigenvalue weighted by atomic mass is 32.2. The minimum Gasteiger partial charge on any atom is -0.326 e. The highest BCUT2D eigenvalue weighted by molar-refractivity contribution is 7.92. The van der Waals surface area contributed by atoms with Crippen molar-refractivity contribution in [2.75, 3.05) is 16.8 Å². The van der Waals surface area contributed by atoms with Crippen LogP contribution in [-0.4, -0.2) is 32.0 Å². The van der Waals surface area contributed by atoms with E-state index < -0.39 is 15.8 Å². The van der Waals surface area contributed by atoms with Gasteiger partial charge in [0, 0.05) is 24.3 Å². The second-order valence-electron chi connectivity index (χ2n) is 9.18. The molecule has 1 saturated heterocycles. The van der Waals surface area contributed by atoms with Crippen molar-refractivity contribution in [2.24, 2.45) is 5.92 Å². The van der Waals surface area contributed by atoms with Gasteiger partial charge in [0.1, 0.15) is 0 Å². The molecule has 2 aromatic rings. The Morgan fingerprint density at radius 3 is 2.41 bits per heavy atom. The number of aryl methyl sites for hydroxylation is 2. The third-order valence-electron chi connectivity index (χ3n) is 7.08. The Bertz CT molecular complexity index is 1150. The lowest BCUT2D eigenvalue weighted by Gasteiger charge is -2.18. The van der Waals surface area contributed by atoms with Gasteiger partial charge in [-0.05, 0) is 79.6 Å². The number of nitrogens with zero attached hydrogens (tertiary/aromatic N) is 1. The number of sulfone groups is 1. The lowest BCUT2D eigenvalue weighted by Crippen LogP contribution is -2.28. The third kappa shape index (κ3) is 3.94. The maximum atomic E-state index is 12.8. The minimum absolute atomic E-state index is 0.0406. The van der Waals surface area contributed by atoms with Gasteiger partial charge >= 0.3 is 0 Å². The number of amides is 2. The monoisotopic (exact) mass is 452 g/mol. The smallest absolute Gasteiger partial charge is 0.229 e. The van der Waals surface area contributed by atoms with Crippen LogP contribution in [0, 0.1) is 5.92 Å². The molecule has 2 fully saturated rings. The van der Waals surface area contributed by atoms with Gasteiger partial charge in [-0.2, -0.15) is 0 Å². The number of fused-ring (bicyclic) bond motifs is 1. The molecule has 32 heavy (non-hydrogen) atoms.